The van der Waals surface area contributed by atoms with Crippen molar-refractivity contribution in [3.05, 3.63) is 29.4 Å². The van der Waals surface area contributed by atoms with Gasteiger partial charge >= 0.3 is 0 Å². The highest BCUT2D eigenvalue weighted by molar-refractivity contribution is 5.93. The lowest BCUT2D eigenvalue weighted by Crippen LogP contribution is -2.29. The van der Waals surface area contributed by atoms with Gasteiger partial charge in [0.25, 0.3) is 0 Å². The number of amides is 1. The Hall–Kier alpha value is -2.46. The van der Waals surface area contributed by atoms with Crippen LogP contribution in [0.15, 0.2) is 12.1 Å². The van der Waals surface area contributed by atoms with Crippen LogP contribution in [0.4, 0.5) is 16.0 Å². The highest BCUT2D eigenvalue weighted by Gasteiger charge is 2.28. The number of anilines is 1. The van der Waals surface area contributed by atoms with E-state index < -0.39 is 11.4 Å². The third kappa shape index (κ3) is 2.97. The highest BCUT2D eigenvalue weighted by Crippen LogP contribution is 2.39. The van der Waals surface area contributed by atoms with Gasteiger partial charge in [0.2, 0.25) is 17.5 Å². The molecule has 1 heterocycles. The van der Waals surface area contributed by atoms with Crippen LogP contribution >= 0.6 is 0 Å². The summed E-state index contributed by atoms with van der Waals surface area (Å²) >= 11 is 0. The van der Waals surface area contributed by atoms with Crippen LogP contribution in [-0.2, 0) is 4.79 Å². The summed E-state index contributed by atoms with van der Waals surface area (Å²) in [5.41, 5.74) is -0.533. The Morgan fingerprint density at radius 3 is 2.79 bits per heavy atom. The van der Waals surface area contributed by atoms with Crippen LogP contribution in [0.5, 0.6) is 0 Å². The molecule has 0 aliphatic heterocycles. The number of aliphatic hydroxyl groups is 1. The molecule has 1 aromatic carbocycles. The molecule has 0 atom stereocenters. The van der Waals surface area contributed by atoms with Gasteiger partial charge in [-0.25, -0.2) is 14.2 Å². The smallest absolute Gasteiger partial charge is 0.229 e. The maximum Gasteiger partial charge on any atom is 0.229 e. The maximum absolute atomic E-state index is 14.6. The quantitative estimate of drug-likeness (QED) is 0.842. The van der Waals surface area contributed by atoms with E-state index in [-0.39, 0.29) is 35.5 Å². The van der Waals surface area contributed by atoms with Crippen LogP contribution in [0, 0.1) is 12.4 Å². The summed E-state index contributed by atoms with van der Waals surface area (Å²) in [6, 6.07) is 3.04. The van der Waals surface area contributed by atoms with E-state index in [9.17, 15) is 14.3 Å². The Morgan fingerprint density at radius 1 is 1.54 bits per heavy atom. The number of carbonyl (C=O) groups excluding carboxylic acids is 1. The second-order valence-electron chi connectivity index (χ2n) is 6.81. The average Bonchev–Trinajstić information content (AvgIpc) is 2.74. The van der Waals surface area contributed by atoms with E-state index in [1.54, 1.807) is 24.5 Å². The molecule has 0 spiro atoms. The zero-order valence-electron chi connectivity index (χ0n) is 13.6. The molecule has 0 saturated heterocycles. The predicted octanol–water partition coefficient (Wildman–Crippen LogP) is 3.55. The third-order valence-electron chi connectivity index (χ3n) is 4.17. The van der Waals surface area contributed by atoms with Crippen molar-refractivity contribution in [2.75, 3.05) is 5.32 Å². The first-order valence-electron chi connectivity index (χ1n) is 7.90. The van der Waals surface area contributed by atoms with Crippen molar-refractivity contribution in [1.82, 2.24) is 9.55 Å². The van der Waals surface area contributed by atoms with E-state index in [4.69, 9.17) is 6.57 Å². The van der Waals surface area contributed by atoms with Gasteiger partial charge in [-0.05, 0) is 39.2 Å². The zero-order valence-corrected chi connectivity index (χ0v) is 13.6. The molecule has 1 fully saturated rings. The molecule has 0 unspecified atom stereocenters. The molecule has 2 aromatic rings. The zero-order chi connectivity index (χ0) is 17.5. The molecule has 24 heavy (non-hydrogen) atoms. The summed E-state index contributed by atoms with van der Waals surface area (Å²) in [5.74, 6) is -0.723. The van der Waals surface area contributed by atoms with Crippen LogP contribution in [-0.4, -0.2) is 26.2 Å². The number of imidazole rings is 1. The van der Waals surface area contributed by atoms with E-state index in [2.05, 4.69) is 15.1 Å². The molecule has 1 amide bonds. The Kier molecular flexibility index (Phi) is 4.01. The topological polar surface area (TPSA) is 71.5 Å². The lowest BCUT2D eigenvalue weighted by Gasteiger charge is -2.29. The molecule has 1 aliphatic rings. The summed E-state index contributed by atoms with van der Waals surface area (Å²) in [5, 5.41) is 12.5. The van der Waals surface area contributed by atoms with E-state index in [0.29, 0.717) is 5.52 Å². The van der Waals surface area contributed by atoms with Gasteiger partial charge in [-0.2, -0.15) is 0 Å². The van der Waals surface area contributed by atoms with Gasteiger partial charge < -0.3 is 9.67 Å². The lowest BCUT2D eigenvalue weighted by molar-refractivity contribution is -0.119. The van der Waals surface area contributed by atoms with Crippen molar-refractivity contribution < 1.29 is 14.3 Å². The summed E-state index contributed by atoms with van der Waals surface area (Å²) in [7, 11) is 0. The molecular formula is C17H19FN4O2. The second kappa shape index (κ2) is 5.87. The first-order valence-corrected chi connectivity index (χ1v) is 7.90. The fourth-order valence-electron chi connectivity index (χ4n) is 2.87. The number of nitrogens with zero attached hydrogens (tertiary/aromatic N) is 3. The summed E-state index contributed by atoms with van der Waals surface area (Å²) in [4.78, 5) is 19.7. The number of halogens is 1. The van der Waals surface area contributed by atoms with Gasteiger partial charge in [0.1, 0.15) is 0 Å². The number of nitrogens with one attached hydrogen (secondary N) is 1. The molecule has 0 bridgehead atoms. The average molecular weight is 330 g/mol. The standard InChI is InChI=1S/C17H19FN4O2/c1-17(2,24)9-13(23)21-16-20-12-8-7-11(19-3)14(18)15(12)22(16)10-5-4-6-10/h7-8,10,24H,4-6,9H2,1-2H3,(H,20,21,23). The minimum atomic E-state index is -1.14. The number of rotatable bonds is 4. The van der Waals surface area contributed by atoms with Gasteiger partial charge in [0.05, 0.1) is 29.6 Å². The van der Waals surface area contributed by atoms with E-state index in [0.717, 1.165) is 19.3 Å². The van der Waals surface area contributed by atoms with Crippen molar-refractivity contribution in [1.29, 1.82) is 0 Å². The maximum atomic E-state index is 14.6. The first-order chi connectivity index (χ1) is 11.3. The summed E-state index contributed by atoms with van der Waals surface area (Å²) in [6.45, 7) is 10.2. The van der Waals surface area contributed by atoms with E-state index in [1.807, 2.05) is 0 Å². The Labute approximate surface area is 139 Å². The molecule has 6 nitrogen and oxygen atoms in total. The Bertz CT molecular complexity index is 841. The van der Waals surface area contributed by atoms with Crippen molar-refractivity contribution in [2.24, 2.45) is 0 Å². The van der Waals surface area contributed by atoms with Crippen molar-refractivity contribution in [3.63, 3.8) is 0 Å². The van der Waals surface area contributed by atoms with Gasteiger partial charge in [-0.15, -0.1) is 0 Å². The monoisotopic (exact) mass is 330 g/mol. The van der Waals surface area contributed by atoms with E-state index in [1.165, 1.54) is 6.07 Å². The third-order valence-corrected chi connectivity index (χ3v) is 4.17. The normalized spacial score (nSPS) is 15.1. The molecule has 1 saturated carbocycles. The van der Waals surface area contributed by atoms with Gasteiger partial charge in [-0.3, -0.25) is 10.1 Å². The molecular weight excluding hydrogens is 311 g/mol. The van der Waals surface area contributed by atoms with Crippen LogP contribution < -0.4 is 5.32 Å². The minimum Gasteiger partial charge on any atom is -0.390 e. The van der Waals surface area contributed by atoms with Gasteiger partial charge in [0, 0.05) is 6.04 Å². The molecule has 0 radical (unpaired) electrons. The van der Waals surface area contributed by atoms with Crippen molar-refractivity contribution in [3.8, 4) is 0 Å². The largest absolute Gasteiger partial charge is 0.390 e. The predicted molar refractivity (Wildman–Crippen MR) is 88.4 cm³/mol. The molecule has 2 N–H and O–H groups in total. The first kappa shape index (κ1) is 16.4. The van der Waals surface area contributed by atoms with E-state index >= 15 is 0 Å². The fraction of sp³-hybridized carbons (Fsp3) is 0.471. The summed E-state index contributed by atoms with van der Waals surface area (Å²) < 4.78 is 16.3. The number of fused-ring (bicyclic) bond motifs is 1. The van der Waals surface area contributed by atoms with Crippen LogP contribution in [0.3, 0.4) is 0 Å². The van der Waals surface area contributed by atoms with Crippen LogP contribution in [0.1, 0.15) is 45.6 Å². The lowest BCUT2D eigenvalue weighted by atomic mass is 9.92. The fourth-order valence-corrected chi connectivity index (χ4v) is 2.87. The number of aromatic nitrogens is 2. The molecule has 1 aliphatic carbocycles. The highest BCUT2D eigenvalue weighted by atomic mass is 19.1. The second-order valence-corrected chi connectivity index (χ2v) is 6.81. The van der Waals surface area contributed by atoms with Gasteiger partial charge in [0.15, 0.2) is 5.82 Å². The molecule has 126 valence electrons. The molecule has 7 heteroatoms. The van der Waals surface area contributed by atoms with Gasteiger partial charge in [-0.1, -0.05) is 6.07 Å². The van der Waals surface area contributed by atoms with Crippen LogP contribution in [0.25, 0.3) is 15.9 Å². The number of benzene rings is 1. The molecule has 3 rings (SSSR count). The Balaban J connectivity index is 2.06. The van der Waals surface area contributed by atoms with Crippen molar-refractivity contribution in [2.45, 2.75) is 51.2 Å². The minimum absolute atomic E-state index is 0.0580. The number of hydrogen-bond donors (Lipinski definition) is 2. The number of carbonyl (C=O) groups is 1. The number of hydrogen-bond acceptors (Lipinski definition) is 3. The summed E-state index contributed by atoms with van der Waals surface area (Å²) in [6.07, 6.45) is 2.70. The van der Waals surface area contributed by atoms with Crippen LogP contribution in [0.2, 0.25) is 0 Å². The molecule has 1 aromatic heterocycles. The Morgan fingerprint density at radius 2 is 2.25 bits per heavy atom. The van der Waals surface area contributed by atoms with Crippen molar-refractivity contribution >= 4 is 28.6 Å². The SMILES string of the molecule is [C-]#[N+]c1ccc2nc(NC(=O)CC(C)(C)O)n(C3CCC3)c2c1F.